The fourth-order valence-corrected chi connectivity index (χ4v) is 4.18. The molecular formula is C23H27N3O3. The van der Waals surface area contributed by atoms with E-state index in [1.54, 1.807) is 18.5 Å². The fraction of sp³-hybridized carbons (Fsp3) is 0.435. The van der Waals surface area contributed by atoms with Gasteiger partial charge in [0, 0.05) is 19.3 Å². The van der Waals surface area contributed by atoms with Gasteiger partial charge in [-0.15, -0.1) is 0 Å². The molecule has 1 atom stereocenters. The maximum absolute atomic E-state index is 12.6. The van der Waals surface area contributed by atoms with Gasteiger partial charge >= 0.3 is 0 Å². The Morgan fingerprint density at radius 3 is 2.62 bits per heavy atom. The summed E-state index contributed by atoms with van der Waals surface area (Å²) in [6.45, 7) is 3.41. The Labute approximate surface area is 171 Å². The predicted molar refractivity (Wildman–Crippen MR) is 110 cm³/mol. The SMILES string of the molecule is Cc1ccc(CC(=O)N2CCC3(CCC(C(=O)Nc4cccnc4)O3)CC2)cc1. The molecule has 0 aliphatic carbocycles. The van der Waals surface area contributed by atoms with E-state index in [9.17, 15) is 9.59 Å². The highest BCUT2D eigenvalue weighted by Gasteiger charge is 2.45. The lowest BCUT2D eigenvalue weighted by atomic mass is 9.88. The van der Waals surface area contributed by atoms with E-state index in [1.165, 1.54) is 5.56 Å². The molecule has 0 radical (unpaired) electrons. The van der Waals surface area contributed by atoms with Crippen LogP contribution in [0.15, 0.2) is 48.8 Å². The summed E-state index contributed by atoms with van der Waals surface area (Å²) >= 11 is 0. The van der Waals surface area contributed by atoms with E-state index in [2.05, 4.69) is 10.3 Å². The molecule has 1 spiro atoms. The number of amides is 2. The lowest BCUT2D eigenvalue weighted by Gasteiger charge is -2.39. The third kappa shape index (κ3) is 4.65. The van der Waals surface area contributed by atoms with Crippen molar-refractivity contribution in [2.75, 3.05) is 18.4 Å². The lowest BCUT2D eigenvalue weighted by Crippen LogP contribution is -2.47. The average Bonchev–Trinajstić information content (AvgIpc) is 3.15. The number of ether oxygens (including phenoxy) is 1. The summed E-state index contributed by atoms with van der Waals surface area (Å²) in [6, 6.07) is 11.7. The summed E-state index contributed by atoms with van der Waals surface area (Å²) < 4.78 is 6.21. The summed E-state index contributed by atoms with van der Waals surface area (Å²) in [4.78, 5) is 31.1. The van der Waals surface area contributed by atoms with Crippen molar-refractivity contribution < 1.29 is 14.3 Å². The number of benzene rings is 1. The first-order valence-corrected chi connectivity index (χ1v) is 10.3. The molecule has 6 heteroatoms. The van der Waals surface area contributed by atoms with Crippen LogP contribution in [0.3, 0.4) is 0 Å². The molecule has 2 saturated heterocycles. The number of aryl methyl sites for hydroxylation is 1. The minimum absolute atomic E-state index is 0.118. The molecular weight excluding hydrogens is 366 g/mol. The molecule has 1 N–H and O–H groups in total. The second-order valence-corrected chi connectivity index (χ2v) is 8.10. The van der Waals surface area contributed by atoms with Gasteiger partial charge in [-0.3, -0.25) is 14.6 Å². The standard InChI is InChI=1S/C23H27N3O3/c1-17-4-6-18(7-5-17)15-21(27)26-13-10-23(11-14-26)9-8-20(29-23)22(28)25-19-3-2-12-24-16-19/h2-7,12,16,20H,8-11,13-15H2,1H3,(H,25,28). The zero-order chi connectivity index (χ0) is 20.3. The Morgan fingerprint density at radius 2 is 1.93 bits per heavy atom. The van der Waals surface area contributed by atoms with Crippen LogP contribution in [0.4, 0.5) is 5.69 Å². The van der Waals surface area contributed by atoms with Crippen molar-refractivity contribution in [1.29, 1.82) is 0 Å². The summed E-state index contributed by atoms with van der Waals surface area (Å²) in [6.07, 6.45) is 6.43. The lowest BCUT2D eigenvalue weighted by molar-refractivity contribution is -0.143. The van der Waals surface area contributed by atoms with Gasteiger partial charge in [-0.05, 0) is 50.3 Å². The zero-order valence-electron chi connectivity index (χ0n) is 16.8. The highest BCUT2D eigenvalue weighted by atomic mass is 16.5. The maximum atomic E-state index is 12.6. The molecule has 0 saturated carbocycles. The molecule has 2 fully saturated rings. The van der Waals surface area contributed by atoms with E-state index >= 15 is 0 Å². The number of carbonyl (C=O) groups excluding carboxylic acids is 2. The van der Waals surface area contributed by atoms with Crippen LogP contribution in [0.5, 0.6) is 0 Å². The monoisotopic (exact) mass is 393 g/mol. The summed E-state index contributed by atoms with van der Waals surface area (Å²) in [5.74, 6) is 0.0420. The Kier molecular flexibility index (Phi) is 5.62. The first-order valence-electron chi connectivity index (χ1n) is 10.3. The van der Waals surface area contributed by atoms with E-state index in [1.807, 2.05) is 42.2 Å². The number of hydrogen-bond donors (Lipinski definition) is 1. The number of rotatable bonds is 4. The molecule has 29 heavy (non-hydrogen) atoms. The van der Waals surface area contributed by atoms with Crippen LogP contribution in [0.2, 0.25) is 0 Å². The van der Waals surface area contributed by atoms with Gasteiger partial charge in [0.15, 0.2) is 0 Å². The molecule has 152 valence electrons. The number of carbonyl (C=O) groups is 2. The molecule has 1 aromatic carbocycles. The summed E-state index contributed by atoms with van der Waals surface area (Å²) in [5.41, 5.74) is 2.64. The van der Waals surface area contributed by atoms with Crippen molar-refractivity contribution in [3.8, 4) is 0 Å². The number of likely N-dealkylation sites (tertiary alicyclic amines) is 1. The van der Waals surface area contributed by atoms with E-state index in [0.717, 1.165) is 24.8 Å². The van der Waals surface area contributed by atoms with Gasteiger partial charge in [0.05, 0.1) is 23.9 Å². The van der Waals surface area contributed by atoms with Crippen LogP contribution in [0.25, 0.3) is 0 Å². The van der Waals surface area contributed by atoms with Gasteiger partial charge in [0.25, 0.3) is 5.91 Å². The maximum Gasteiger partial charge on any atom is 0.253 e. The summed E-state index contributed by atoms with van der Waals surface area (Å²) in [7, 11) is 0. The first-order chi connectivity index (χ1) is 14.0. The van der Waals surface area contributed by atoms with Gasteiger partial charge in [-0.2, -0.15) is 0 Å². The van der Waals surface area contributed by atoms with Crippen molar-refractivity contribution in [2.24, 2.45) is 0 Å². The Bertz CT molecular complexity index is 859. The van der Waals surface area contributed by atoms with Crippen LogP contribution in [0.1, 0.15) is 36.8 Å². The Morgan fingerprint density at radius 1 is 1.17 bits per heavy atom. The van der Waals surface area contributed by atoms with Crippen LogP contribution < -0.4 is 5.32 Å². The third-order valence-electron chi connectivity index (χ3n) is 5.98. The van der Waals surface area contributed by atoms with Crippen molar-refractivity contribution in [3.05, 3.63) is 59.9 Å². The van der Waals surface area contributed by atoms with Crippen LogP contribution in [-0.2, 0) is 20.7 Å². The number of nitrogens with one attached hydrogen (secondary N) is 1. The van der Waals surface area contributed by atoms with Crippen LogP contribution in [0, 0.1) is 6.92 Å². The topological polar surface area (TPSA) is 71.5 Å². The quantitative estimate of drug-likeness (QED) is 0.866. The van der Waals surface area contributed by atoms with Crippen LogP contribution >= 0.6 is 0 Å². The number of aromatic nitrogens is 1. The Hall–Kier alpha value is -2.73. The molecule has 2 aromatic rings. The van der Waals surface area contributed by atoms with Gasteiger partial charge in [0.1, 0.15) is 6.10 Å². The fourth-order valence-electron chi connectivity index (χ4n) is 4.18. The number of nitrogens with zero attached hydrogens (tertiary/aromatic N) is 2. The number of pyridine rings is 1. The Balaban J connectivity index is 1.28. The molecule has 3 heterocycles. The highest BCUT2D eigenvalue weighted by molar-refractivity contribution is 5.94. The normalized spacial score (nSPS) is 20.6. The minimum Gasteiger partial charge on any atom is -0.362 e. The van der Waals surface area contributed by atoms with E-state index < -0.39 is 6.10 Å². The average molecular weight is 393 g/mol. The predicted octanol–water partition coefficient (Wildman–Crippen LogP) is 3.11. The number of piperidine rings is 1. The van der Waals surface area contributed by atoms with E-state index in [0.29, 0.717) is 31.6 Å². The van der Waals surface area contributed by atoms with Gasteiger partial charge in [-0.25, -0.2) is 0 Å². The van der Waals surface area contributed by atoms with Gasteiger partial charge in [0.2, 0.25) is 5.91 Å². The largest absolute Gasteiger partial charge is 0.362 e. The molecule has 1 aromatic heterocycles. The van der Waals surface area contributed by atoms with Crippen molar-refractivity contribution in [2.45, 2.75) is 50.7 Å². The molecule has 1 unspecified atom stereocenters. The van der Waals surface area contributed by atoms with Crippen molar-refractivity contribution >= 4 is 17.5 Å². The van der Waals surface area contributed by atoms with E-state index in [-0.39, 0.29) is 17.4 Å². The molecule has 2 amide bonds. The molecule has 0 bridgehead atoms. The molecule has 6 nitrogen and oxygen atoms in total. The number of anilines is 1. The molecule has 2 aliphatic rings. The second-order valence-electron chi connectivity index (χ2n) is 8.10. The van der Waals surface area contributed by atoms with Gasteiger partial charge < -0.3 is 15.0 Å². The van der Waals surface area contributed by atoms with E-state index in [4.69, 9.17) is 4.74 Å². The zero-order valence-corrected chi connectivity index (χ0v) is 16.8. The molecule has 2 aliphatic heterocycles. The first kappa shape index (κ1) is 19.6. The number of hydrogen-bond acceptors (Lipinski definition) is 4. The summed E-state index contributed by atoms with van der Waals surface area (Å²) in [5, 5.41) is 2.87. The second kappa shape index (κ2) is 8.33. The highest BCUT2D eigenvalue weighted by Crippen LogP contribution is 2.39. The third-order valence-corrected chi connectivity index (χ3v) is 5.98. The van der Waals surface area contributed by atoms with Gasteiger partial charge in [-0.1, -0.05) is 29.8 Å². The van der Waals surface area contributed by atoms with Crippen molar-refractivity contribution in [1.82, 2.24) is 9.88 Å². The molecule has 4 rings (SSSR count). The van der Waals surface area contributed by atoms with Crippen LogP contribution in [-0.4, -0.2) is 46.5 Å². The van der Waals surface area contributed by atoms with Crippen molar-refractivity contribution in [3.63, 3.8) is 0 Å². The minimum atomic E-state index is -0.440. The smallest absolute Gasteiger partial charge is 0.253 e.